The molecule has 1 aliphatic heterocycles. The Kier molecular flexibility index (Phi) is 4.55. The van der Waals surface area contributed by atoms with Gasteiger partial charge >= 0.3 is 11.1 Å². The number of anilines is 2. The maximum atomic E-state index is 12.8. The maximum absolute atomic E-state index is 12.8. The van der Waals surface area contributed by atoms with Crippen LogP contribution in [0.25, 0.3) is 22.2 Å². The van der Waals surface area contributed by atoms with E-state index in [4.69, 9.17) is 4.74 Å². The van der Waals surface area contributed by atoms with Gasteiger partial charge in [0.15, 0.2) is 5.65 Å². The van der Waals surface area contributed by atoms with E-state index in [2.05, 4.69) is 24.0 Å². The zero-order valence-corrected chi connectivity index (χ0v) is 17.3. The van der Waals surface area contributed by atoms with Crippen molar-refractivity contribution in [3.63, 3.8) is 0 Å². The largest absolute Gasteiger partial charge is 0.381 e. The first-order valence-electron chi connectivity index (χ1n) is 9.59. The fraction of sp³-hybridized carbons (Fsp3) is 0.368. The maximum Gasteiger partial charge on any atom is 0.318 e. The third kappa shape index (κ3) is 3.06. The molecule has 0 spiro atoms. The predicted octanol–water partition coefficient (Wildman–Crippen LogP) is 1.90. The number of benzene rings is 1. The Balaban J connectivity index is 1.65. The molecule has 0 amide bonds. The average molecular weight is 425 g/mol. The molecule has 0 saturated carbocycles. The Bertz CT molecular complexity index is 1380. The molecule has 4 aromatic rings. The molecule has 0 unspecified atom stereocenters. The predicted molar refractivity (Wildman–Crippen MR) is 114 cm³/mol. The third-order valence-electron chi connectivity index (χ3n) is 5.45. The van der Waals surface area contributed by atoms with Gasteiger partial charge in [0.1, 0.15) is 16.6 Å². The summed E-state index contributed by atoms with van der Waals surface area (Å²) in [6, 6.07) is 3.71. The highest BCUT2D eigenvalue weighted by Gasteiger charge is 2.23. The van der Waals surface area contributed by atoms with E-state index in [1.807, 2.05) is 19.1 Å². The number of ether oxygens (including phenoxy) is 1. The molecule has 154 valence electrons. The van der Waals surface area contributed by atoms with Gasteiger partial charge in [-0.3, -0.25) is 14.2 Å². The van der Waals surface area contributed by atoms with Crippen molar-refractivity contribution in [3.05, 3.63) is 44.6 Å². The zero-order valence-electron chi connectivity index (χ0n) is 16.5. The average Bonchev–Trinajstić information content (AvgIpc) is 3.20. The highest BCUT2D eigenvalue weighted by atomic mass is 32.1. The molecule has 4 heterocycles. The zero-order chi connectivity index (χ0) is 20.8. The first kappa shape index (κ1) is 18.8. The molecule has 11 heteroatoms. The van der Waals surface area contributed by atoms with E-state index >= 15 is 0 Å². The molecule has 1 fully saturated rings. The van der Waals surface area contributed by atoms with E-state index < -0.39 is 11.1 Å². The van der Waals surface area contributed by atoms with Crippen molar-refractivity contribution in [3.8, 4) is 0 Å². The van der Waals surface area contributed by atoms with E-state index in [-0.39, 0.29) is 6.04 Å². The Morgan fingerprint density at radius 1 is 1.13 bits per heavy atom. The SMILES string of the molecule is Cc1cc2nsnc2cc1Nc1ncc2c(n1)n(C1CCOCC1)c(=O)c(=O)n2C. The molecule has 1 aliphatic rings. The van der Waals surface area contributed by atoms with Gasteiger partial charge in [-0.15, -0.1) is 0 Å². The van der Waals surface area contributed by atoms with Crippen LogP contribution in [0, 0.1) is 6.92 Å². The second-order valence-electron chi connectivity index (χ2n) is 7.33. The molecule has 3 aromatic heterocycles. The lowest BCUT2D eigenvalue weighted by Gasteiger charge is -2.25. The van der Waals surface area contributed by atoms with E-state index in [0.717, 1.165) is 34.0 Å². The molecule has 0 atom stereocenters. The second kappa shape index (κ2) is 7.26. The van der Waals surface area contributed by atoms with Gasteiger partial charge in [0.05, 0.1) is 17.9 Å². The molecule has 30 heavy (non-hydrogen) atoms. The van der Waals surface area contributed by atoms with Crippen LogP contribution in [0.1, 0.15) is 24.4 Å². The van der Waals surface area contributed by atoms with Crippen LogP contribution >= 0.6 is 11.7 Å². The normalized spacial score (nSPS) is 15.1. The van der Waals surface area contributed by atoms with Crippen LogP contribution in [0.5, 0.6) is 0 Å². The van der Waals surface area contributed by atoms with Crippen LogP contribution in [0.15, 0.2) is 27.9 Å². The molecule has 1 aromatic carbocycles. The van der Waals surface area contributed by atoms with Gasteiger partial charge < -0.3 is 14.6 Å². The molecule has 0 radical (unpaired) electrons. The number of hydrogen-bond donors (Lipinski definition) is 1. The van der Waals surface area contributed by atoms with Gasteiger partial charge in [-0.2, -0.15) is 13.7 Å². The summed E-state index contributed by atoms with van der Waals surface area (Å²) in [4.78, 5) is 34.3. The van der Waals surface area contributed by atoms with E-state index in [1.165, 1.54) is 9.13 Å². The monoisotopic (exact) mass is 425 g/mol. The van der Waals surface area contributed by atoms with Gasteiger partial charge in [-0.25, -0.2) is 4.98 Å². The van der Waals surface area contributed by atoms with Crippen LogP contribution < -0.4 is 16.4 Å². The van der Waals surface area contributed by atoms with Crippen molar-refractivity contribution >= 4 is 45.6 Å². The summed E-state index contributed by atoms with van der Waals surface area (Å²) in [5.41, 5.74) is 3.18. The van der Waals surface area contributed by atoms with Gasteiger partial charge in [0.2, 0.25) is 5.95 Å². The number of aromatic nitrogens is 6. The van der Waals surface area contributed by atoms with Crippen molar-refractivity contribution in [2.75, 3.05) is 18.5 Å². The fourth-order valence-electron chi connectivity index (χ4n) is 3.77. The molecular weight excluding hydrogens is 406 g/mol. The fourth-order valence-corrected chi connectivity index (χ4v) is 4.27. The van der Waals surface area contributed by atoms with E-state index in [1.54, 1.807) is 13.2 Å². The Morgan fingerprint density at radius 3 is 2.63 bits per heavy atom. The van der Waals surface area contributed by atoms with E-state index in [0.29, 0.717) is 43.2 Å². The molecule has 1 saturated heterocycles. The van der Waals surface area contributed by atoms with Crippen LogP contribution in [0.3, 0.4) is 0 Å². The van der Waals surface area contributed by atoms with Crippen LogP contribution in [0.2, 0.25) is 0 Å². The first-order valence-corrected chi connectivity index (χ1v) is 10.3. The van der Waals surface area contributed by atoms with Gasteiger partial charge in [0.25, 0.3) is 0 Å². The third-order valence-corrected chi connectivity index (χ3v) is 6.00. The minimum atomic E-state index is -0.587. The Labute approximate surface area is 174 Å². The van der Waals surface area contributed by atoms with Gasteiger partial charge in [0, 0.05) is 32.0 Å². The smallest absolute Gasteiger partial charge is 0.318 e. The van der Waals surface area contributed by atoms with Crippen molar-refractivity contribution < 1.29 is 4.74 Å². The second-order valence-corrected chi connectivity index (χ2v) is 7.86. The van der Waals surface area contributed by atoms with Crippen molar-refractivity contribution in [1.82, 2.24) is 27.8 Å². The molecule has 5 rings (SSSR count). The number of nitrogens with zero attached hydrogens (tertiary/aromatic N) is 6. The van der Waals surface area contributed by atoms with Crippen LogP contribution in [-0.4, -0.2) is 41.1 Å². The molecule has 0 bridgehead atoms. The highest BCUT2D eigenvalue weighted by molar-refractivity contribution is 7.00. The number of fused-ring (bicyclic) bond motifs is 2. The molecule has 0 aliphatic carbocycles. The van der Waals surface area contributed by atoms with Crippen LogP contribution in [-0.2, 0) is 11.8 Å². The molecular formula is C19H19N7O3S. The lowest BCUT2D eigenvalue weighted by atomic mass is 10.1. The minimum Gasteiger partial charge on any atom is -0.381 e. The lowest BCUT2D eigenvalue weighted by molar-refractivity contribution is 0.0695. The summed E-state index contributed by atoms with van der Waals surface area (Å²) in [6.07, 6.45) is 2.88. The Hall–Kier alpha value is -3.18. The van der Waals surface area contributed by atoms with Crippen molar-refractivity contribution in [1.29, 1.82) is 0 Å². The first-order chi connectivity index (χ1) is 14.5. The van der Waals surface area contributed by atoms with Crippen LogP contribution in [0.4, 0.5) is 11.6 Å². The summed E-state index contributed by atoms with van der Waals surface area (Å²) in [7, 11) is 1.56. The number of nitrogens with one attached hydrogen (secondary N) is 1. The minimum absolute atomic E-state index is 0.135. The molecule has 1 N–H and O–H groups in total. The summed E-state index contributed by atoms with van der Waals surface area (Å²) in [5, 5.41) is 3.22. The lowest BCUT2D eigenvalue weighted by Crippen LogP contribution is -2.43. The summed E-state index contributed by atoms with van der Waals surface area (Å²) < 4.78 is 16.8. The standard InChI is InChI=1S/C19H19N7O3S/c1-10-7-13-14(24-30-23-13)8-12(10)21-19-20-9-15-16(22-19)26(11-3-5-29-6-4-11)18(28)17(27)25(15)2/h7-9,11H,3-6H2,1-2H3,(H,20,21,22). The topological polar surface area (TPSA) is 117 Å². The van der Waals surface area contributed by atoms with E-state index in [9.17, 15) is 9.59 Å². The number of rotatable bonds is 3. The summed E-state index contributed by atoms with van der Waals surface area (Å²) in [6.45, 7) is 3.06. The highest BCUT2D eigenvalue weighted by Crippen LogP contribution is 2.26. The quantitative estimate of drug-likeness (QED) is 0.495. The summed E-state index contributed by atoms with van der Waals surface area (Å²) in [5.74, 6) is 0.340. The number of aryl methyl sites for hydroxylation is 2. The van der Waals surface area contributed by atoms with Crippen molar-refractivity contribution in [2.24, 2.45) is 7.05 Å². The van der Waals surface area contributed by atoms with Gasteiger partial charge in [-0.1, -0.05) is 0 Å². The number of hydrogen-bond acceptors (Lipinski definition) is 9. The summed E-state index contributed by atoms with van der Waals surface area (Å²) >= 11 is 1.16. The van der Waals surface area contributed by atoms with Crippen molar-refractivity contribution in [2.45, 2.75) is 25.8 Å². The molecule has 10 nitrogen and oxygen atoms in total. The van der Waals surface area contributed by atoms with Gasteiger partial charge in [-0.05, 0) is 37.5 Å². The Morgan fingerprint density at radius 2 is 1.87 bits per heavy atom.